The predicted octanol–water partition coefficient (Wildman–Crippen LogP) is -0.189. The molecule has 1 aromatic carbocycles. The highest BCUT2D eigenvalue weighted by atomic mass is 16.5. The van der Waals surface area contributed by atoms with Crippen LogP contribution < -0.4 is 11.1 Å². The summed E-state index contributed by atoms with van der Waals surface area (Å²) in [5.74, 6) is 0.0664. The monoisotopic (exact) mass is 348 g/mol. The van der Waals surface area contributed by atoms with Gasteiger partial charge < -0.3 is 20.7 Å². The van der Waals surface area contributed by atoms with E-state index in [9.17, 15) is 9.59 Å². The van der Waals surface area contributed by atoms with E-state index in [1.807, 2.05) is 35.2 Å². The summed E-state index contributed by atoms with van der Waals surface area (Å²) in [6.45, 7) is 3.89. The molecule has 1 atom stereocenters. The average molecular weight is 348 g/mol. The van der Waals surface area contributed by atoms with Crippen molar-refractivity contribution in [3.05, 3.63) is 35.9 Å². The molecular formula is C18H28N4O3. The number of rotatable bonds is 8. The van der Waals surface area contributed by atoms with E-state index >= 15 is 0 Å². The van der Waals surface area contributed by atoms with Gasteiger partial charge in [0.2, 0.25) is 11.8 Å². The third-order valence-electron chi connectivity index (χ3n) is 4.42. The summed E-state index contributed by atoms with van der Waals surface area (Å²) < 4.78 is 5.16. The fourth-order valence-corrected chi connectivity index (χ4v) is 2.80. The smallest absolute Gasteiger partial charge is 0.234 e. The molecule has 0 spiro atoms. The molecular weight excluding hydrogens is 320 g/mol. The van der Waals surface area contributed by atoms with Crippen molar-refractivity contribution in [1.82, 2.24) is 15.1 Å². The van der Waals surface area contributed by atoms with Crippen molar-refractivity contribution in [2.24, 2.45) is 5.73 Å². The summed E-state index contributed by atoms with van der Waals surface area (Å²) in [6.07, 6.45) is 0.0826. The quantitative estimate of drug-likeness (QED) is 0.680. The third kappa shape index (κ3) is 6.45. The first-order valence-electron chi connectivity index (χ1n) is 8.66. The number of hydrogen-bond acceptors (Lipinski definition) is 5. The minimum atomic E-state index is -0.228. The van der Waals surface area contributed by atoms with Crippen LogP contribution >= 0.6 is 0 Å². The summed E-state index contributed by atoms with van der Waals surface area (Å²) in [4.78, 5) is 28.2. The Morgan fingerprint density at radius 1 is 1.20 bits per heavy atom. The van der Waals surface area contributed by atoms with Crippen LogP contribution in [0.4, 0.5) is 0 Å². The van der Waals surface area contributed by atoms with Crippen LogP contribution in [0.25, 0.3) is 0 Å². The van der Waals surface area contributed by atoms with Crippen LogP contribution in [-0.2, 0) is 20.9 Å². The molecule has 0 aromatic heterocycles. The van der Waals surface area contributed by atoms with E-state index in [4.69, 9.17) is 10.5 Å². The number of nitrogens with two attached hydrogens (primary N) is 1. The van der Waals surface area contributed by atoms with Gasteiger partial charge in [-0.25, -0.2) is 0 Å². The van der Waals surface area contributed by atoms with E-state index in [1.54, 1.807) is 7.11 Å². The highest BCUT2D eigenvalue weighted by molar-refractivity contribution is 5.78. The molecule has 2 amide bonds. The first-order valence-corrected chi connectivity index (χ1v) is 8.66. The van der Waals surface area contributed by atoms with E-state index in [-0.39, 0.29) is 17.9 Å². The molecule has 0 radical (unpaired) electrons. The zero-order valence-electron chi connectivity index (χ0n) is 14.8. The fraction of sp³-hybridized carbons (Fsp3) is 0.556. The van der Waals surface area contributed by atoms with E-state index in [2.05, 4.69) is 10.2 Å². The maximum atomic E-state index is 12.2. The van der Waals surface area contributed by atoms with E-state index in [1.165, 1.54) is 0 Å². The maximum Gasteiger partial charge on any atom is 0.234 e. The number of nitrogens with zero attached hydrogens (tertiary/aromatic N) is 2. The third-order valence-corrected chi connectivity index (χ3v) is 4.42. The number of methoxy groups -OCH3 is 1. The Labute approximate surface area is 149 Å². The molecule has 7 heteroatoms. The van der Waals surface area contributed by atoms with Crippen molar-refractivity contribution in [2.45, 2.75) is 19.1 Å². The van der Waals surface area contributed by atoms with Gasteiger partial charge >= 0.3 is 0 Å². The van der Waals surface area contributed by atoms with E-state index in [0.717, 1.165) is 5.56 Å². The first-order chi connectivity index (χ1) is 12.1. The molecule has 1 aliphatic heterocycles. The van der Waals surface area contributed by atoms with Gasteiger partial charge in [0.05, 0.1) is 19.1 Å². The SMILES string of the molecule is COC(CN)CC(=O)N1CCN(CC(=O)NCc2ccccc2)CC1. The minimum absolute atomic E-state index is 0.00575. The lowest BCUT2D eigenvalue weighted by molar-refractivity contribution is -0.135. The number of amides is 2. The van der Waals surface area contributed by atoms with Crippen molar-refractivity contribution in [1.29, 1.82) is 0 Å². The molecule has 138 valence electrons. The Morgan fingerprint density at radius 3 is 2.48 bits per heavy atom. The summed E-state index contributed by atoms with van der Waals surface area (Å²) in [6, 6.07) is 9.83. The lowest BCUT2D eigenvalue weighted by atomic mass is 10.2. The van der Waals surface area contributed by atoms with Crippen molar-refractivity contribution < 1.29 is 14.3 Å². The van der Waals surface area contributed by atoms with E-state index < -0.39 is 0 Å². The molecule has 1 fully saturated rings. The van der Waals surface area contributed by atoms with Gasteiger partial charge in [0.15, 0.2) is 0 Å². The van der Waals surface area contributed by atoms with Crippen LogP contribution in [0.2, 0.25) is 0 Å². The van der Waals surface area contributed by atoms with Gasteiger partial charge in [-0.3, -0.25) is 14.5 Å². The molecule has 0 aliphatic carbocycles. The topological polar surface area (TPSA) is 87.9 Å². The van der Waals surface area contributed by atoms with E-state index in [0.29, 0.717) is 52.2 Å². The molecule has 1 unspecified atom stereocenters. The van der Waals surface area contributed by atoms with Gasteiger partial charge in [0.1, 0.15) is 0 Å². The van der Waals surface area contributed by atoms with Gasteiger partial charge in [-0.05, 0) is 5.56 Å². The number of benzene rings is 1. The molecule has 1 heterocycles. The van der Waals surface area contributed by atoms with Crippen molar-refractivity contribution >= 4 is 11.8 Å². The number of ether oxygens (including phenoxy) is 1. The maximum absolute atomic E-state index is 12.2. The zero-order valence-corrected chi connectivity index (χ0v) is 14.8. The second-order valence-corrected chi connectivity index (χ2v) is 6.22. The average Bonchev–Trinajstić information content (AvgIpc) is 2.65. The number of piperazine rings is 1. The lowest BCUT2D eigenvalue weighted by Crippen LogP contribution is -2.51. The summed E-state index contributed by atoms with van der Waals surface area (Å²) in [7, 11) is 1.57. The van der Waals surface area contributed by atoms with Crippen LogP contribution in [-0.4, -0.2) is 74.1 Å². The lowest BCUT2D eigenvalue weighted by Gasteiger charge is -2.34. The van der Waals surface area contributed by atoms with Crippen LogP contribution in [0, 0.1) is 0 Å². The molecule has 1 aromatic rings. The minimum Gasteiger partial charge on any atom is -0.380 e. The molecule has 7 nitrogen and oxygen atoms in total. The Hall–Kier alpha value is -1.96. The molecule has 0 saturated carbocycles. The summed E-state index contributed by atoms with van der Waals surface area (Å²) in [5.41, 5.74) is 6.64. The Kier molecular flexibility index (Phi) is 7.84. The number of carbonyl (C=O) groups excluding carboxylic acids is 2. The Balaban J connectivity index is 1.67. The summed E-state index contributed by atoms with van der Waals surface area (Å²) in [5, 5.41) is 2.93. The van der Waals surface area contributed by atoms with Gasteiger partial charge in [-0.1, -0.05) is 30.3 Å². The summed E-state index contributed by atoms with van der Waals surface area (Å²) >= 11 is 0. The number of carbonyl (C=O) groups is 2. The first kappa shape index (κ1) is 19.4. The highest BCUT2D eigenvalue weighted by Gasteiger charge is 2.24. The standard InChI is InChI=1S/C18H28N4O3/c1-25-16(12-19)11-18(24)22-9-7-21(8-10-22)14-17(23)20-13-15-5-3-2-4-6-15/h2-6,16H,7-14,19H2,1H3,(H,20,23). The molecule has 0 bridgehead atoms. The second kappa shape index (κ2) is 10.1. The second-order valence-electron chi connectivity index (χ2n) is 6.22. The number of hydrogen-bond donors (Lipinski definition) is 2. The van der Waals surface area contributed by atoms with Gasteiger partial charge in [-0.2, -0.15) is 0 Å². The normalized spacial score (nSPS) is 16.5. The molecule has 2 rings (SSSR count). The molecule has 1 aliphatic rings. The van der Waals surface area contributed by atoms with Gasteiger partial charge in [-0.15, -0.1) is 0 Å². The van der Waals surface area contributed by atoms with Crippen molar-refractivity contribution in [3.8, 4) is 0 Å². The Bertz CT molecular complexity index is 541. The van der Waals surface area contributed by atoms with Crippen molar-refractivity contribution in [3.63, 3.8) is 0 Å². The van der Waals surface area contributed by atoms with Crippen LogP contribution in [0.3, 0.4) is 0 Å². The van der Waals surface area contributed by atoms with Crippen LogP contribution in [0.1, 0.15) is 12.0 Å². The van der Waals surface area contributed by atoms with Gasteiger partial charge in [0, 0.05) is 46.4 Å². The number of nitrogens with one attached hydrogen (secondary N) is 1. The van der Waals surface area contributed by atoms with Gasteiger partial charge in [0.25, 0.3) is 0 Å². The fourth-order valence-electron chi connectivity index (χ4n) is 2.80. The highest BCUT2D eigenvalue weighted by Crippen LogP contribution is 2.06. The molecule has 3 N–H and O–H groups in total. The predicted molar refractivity (Wildman–Crippen MR) is 95.8 cm³/mol. The van der Waals surface area contributed by atoms with Crippen LogP contribution in [0.5, 0.6) is 0 Å². The molecule has 1 saturated heterocycles. The largest absolute Gasteiger partial charge is 0.380 e. The zero-order chi connectivity index (χ0) is 18.1. The van der Waals surface area contributed by atoms with Crippen LogP contribution in [0.15, 0.2) is 30.3 Å². The molecule has 25 heavy (non-hydrogen) atoms. The van der Waals surface area contributed by atoms with Crippen molar-refractivity contribution in [2.75, 3.05) is 46.4 Å². The Morgan fingerprint density at radius 2 is 1.88 bits per heavy atom.